The maximum absolute atomic E-state index is 13.0. The summed E-state index contributed by atoms with van der Waals surface area (Å²) < 4.78 is 44.5. The van der Waals surface area contributed by atoms with Gasteiger partial charge in [0.15, 0.2) is 5.69 Å². The largest absolute Gasteiger partial charge is 0.497 e. The van der Waals surface area contributed by atoms with Gasteiger partial charge in [0.05, 0.1) is 19.9 Å². The van der Waals surface area contributed by atoms with E-state index in [1.165, 1.54) is 7.11 Å². The fraction of sp³-hybridized carbons (Fsp3) is 0.231. The molecule has 5 nitrogen and oxygen atoms in total. The molecule has 0 aliphatic carbocycles. The normalized spacial score (nSPS) is 11.4. The van der Waals surface area contributed by atoms with Crippen LogP contribution in [-0.4, -0.2) is 28.0 Å². The van der Waals surface area contributed by atoms with E-state index in [0.29, 0.717) is 22.2 Å². The molecule has 0 fully saturated rings. The van der Waals surface area contributed by atoms with Gasteiger partial charge in [0.2, 0.25) is 0 Å². The molecule has 0 saturated heterocycles. The van der Waals surface area contributed by atoms with Crippen LogP contribution in [0.2, 0.25) is 0 Å². The van der Waals surface area contributed by atoms with Crippen molar-refractivity contribution in [2.45, 2.75) is 12.7 Å². The second-order valence-corrected chi connectivity index (χ2v) is 4.22. The number of carboxylic acid groups (broad SMARTS) is 1. The third-order valence-electron chi connectivity index (χ3n) is 2.83. The molecular weight excluding hydrogens is 289 g/mol. The number of rotatable bonds is 4. The zero-order valence-corrected chi connectivity index (χ0v) is 10.9. The van der Waals surface area contributed by atoms with Gasteiger partial charge in [-0.3, -0.25) is 4.68 Å². The SMILES string of the molecule is COc1ccc(Cn2ncc(C(=O)O)c2C(F)(F)F)cc1. The Morgan fingerprint density at radius 3 is 2.43 bits per heavy atom. The minimum atomic E-state index is -4.79. The van der Waals surface area contributed by atoms with Gasteiger partial charge in [0.1, 0.15) is 11.3 Å². The van der Waals surface area contributed by atoms with Gasteiger partial charge in [-0.2, -0.15) is 18.3 Å². The molecule has 2 rings (SSSR count). The molecule has 1 aromatic heterocycles. The molecule has 1 aromatic carbocycles. The van der Waals surface area contributed by atoms with Gasteiger partial charge in [0, 0.05) is 0 Å². The van der Waals surface area contributed by atoms with Crippen molar-refractivity contribution in [3.05, 3.63) is 47.3 Å². The molecule has 0 unspecified atom stereocenters. The molecule has 0 radical (unpaired) electrons. The Morgan fingerprint density at radius 2 is 1.95 bits per heavy atom. The summed E-state index contributed by atoms with van der Waals surface area (Å²) in [6.07, 6.45) is -4.09. The highest BCUT2D eigenvalue weighted by atomic mass is 19.4. The molecule has 1 N–H and O–H groups in total. The number of carboxylic acids is 1. The van der Waals surface area contributed by atoms with Crippen LogP contribution in [-0.2, 0) is 12.7 Å². The minimum absolute atomic E-state index is 0.188. The Balaban J connectivity index is 2.37. The van der Waals surface area contributed by atoms with Gasteiger partial charge < -0.3 is 9.84 Å². The highest BCUT2D eigenvalue weighted by Crippen LogP contribution is 2.32. The number of hydrogen-bond acceptors (Lipinski definition) is 3. The summed E-state index contributed by atoms with van der Waals surface area (Å²) in [7, 11) is 1.48. The summed E-state index contributed by atoms with van der Waals surface area (Å²) in [5, 5.41) is 12.3. The molecule has 0 aliphatic rings. The van der Waals surface area contributed by atoms with Crippen LogP contribution in [0.25, 0.3) is 0 Å². The van der Waals surface area contributed by atoms with E-state index in [9.17, 15) is 18.0 Å². The second-order valence-electron chi connectivity index (χ2n) is 4.22. The van der Waals surface area contributed by atoms with E-state index in [-0.39, 0.29) is 6.54 Å². The number of halogens is 3. The molecular formula is C13H11F3N2O3. The fourth-order valence-corrected chi connectivity index (χ4v) is 1.86. The molecule has 2 aromatic rings. The van der Waals surface area contributed by atoms with E-state index in [1.807, 2.05) is 0 Å². The Kier molecular flexibility index (Phi) is 3.88. The lowest BCUT2D eigenvalue weighted by Crippen LogP contribution is -2.18. The lowest BCUT2D eigenvalue weighted by atomic mass is 10.2. The number of aromatic carboxylic acids is 1. The number of alkyl halides is 3. The van der Waals surface area contributed by atoms with Crippen LogP contribution in [0.15, 0.2) is 30.5 Å². The van der Waals surface area contributed by atoms with Gasteiger partial charge >= 0.3 is 12.1 Å². The van der Waals surface area contributed by atoms with Crippen LogP contribution in [0.3, 0.4) is 0 Å². The molecule has 0 spiro atoms. The van der Waals surface area contributed by atoms with E-state index < -0.39 is 23.4 Å². The Labute approximate surface area is 117 Å². The van der Waals surface area contributed by atoms with E-state index in [4.69, 9.17) is 9.84 Å². The summed E-state index contributed by atoms with van der Waals surface area (Å²) in [5.41, 5.74) is -1.59. The zero-order chi connectivity index (χ0) is 15.6. The second kappa shape index (κ2) is 5.47. The van der Waals surface area contributed by atoms with Crippen molar-refractivity contribution in [1.82, 2.24) is 9.78 Å². The lowest BCUT2D eigenvalue weighted by molar-refractivity contribution is -0.144. The van der Waals surface area contributed by atoms with Crippen LogP contribution in [0.1, 0.15) is 21.6 Å². The average molecular weight is 300 g/mol. The number of nitrogens with zero attached hydrogens (tertiary/aromatic N) is 2. The van der Waals surface area contributed by atoms with Crippen LogP contribution in [0.5, 0.6) is 5.75 Å². The molecule has 8 heteroatoms. The van der Waals surface area contributed by atoms with E-state index in [2.05, 4.69) is 5.10 Å². The Morgan fingerprint density at radius 1 is 1.33 bits per heavy atom. The number of benzene rings is 1. The summed E-state index contributed by atoms with van der Waals surface area (Å²) in [6.45, 7) is -0.188. The number of ether oxygens (including phenoxy) is 1. The van der Waals surface area contributed by atoms with Gasteiger partial charge in [-0.1, -0.05) is 12.1 Å². The van der Waals surface area contributed by atoms with Crippen molar-refractivity contribution in [1.29, 1.82) is 0 Å². The standard InChI is InChI=1S/C13H11F3N2O3/c1-21-9-4-2-8(3-5-9)7-18-11(13(14,15)16)10(6-17-18)12(19)20/h2-6H,7H2,1H3,(H,19,20). The third-order valence-corrected chi connectivity index (χ3v) is 2.83. The maximum Gasteiger partial charge on any atom is 0.433 e. The first-order valence-corrected chi connectivity index (χ1v) is 5.82. The predicted molar refractivity (Wildman–Crippen MR) is 66.3 cm³/mol. The zero-order valence-electron chi connectivity index (χ0n) is 10.9. The summed E-state index contributed by atoms with van der Waals surface area (Å²) in [5.74, 6) is -1.09. The number of hydrogen-bond donors (Lipinski definition) is 1. The average Bonchev–Trinajstić information content (AvgIpc) is 2.83. The third kappa shape index (κ3) is 3.15. The molecule has 0 amide bonds. The number of carbonyl (C=O) groups is 1. The number of aromatic nitrogens is 2. The Hall–Kier alpha value is -2.51. The van der Waals surface area contributed by atoms with E-state index >= 15 is 0 Å². The van der Waals surface area contributed by atoms with Gasteiger partial charge in [-0.05, 0) is 17.7 Å². The first kappa shape index (κ1) is 14.9. The van der Waals surface area contributed by atoms with Gasteiger partial charge in [0.25, 0.3) is 0 Å². The van der Waals surface area contributed by atoms with E-state index in [1.54, 1.807) is 24.3 Å². The molecule has 1 heterocycles. The molecule has 0 atom stereocenters. The topological polar surface area (TPSA) is 64.4 Å². The van der Waals surface area contributed by atoms with Crippen LogP contribution in [0.4, 0.5) is 13.2 Å². The molecule has 0 saturated carbocycles. The summed E-state index contributed by atoms with van der Waals surface area (Å²) in [4.78, 5) is 10.8. The highest BCUT2D eigenvalue weighted by Gasteiger charge is 2.40. The maximum atomic E-state index is 13.0. The van der Waals surface area contributed by atoms with Crippen molar-refractivity contribution in [2.24, 2.45) is 0 Å². The number of methoxy groups -OCH3 is 1. The van der Waals surface area contributed by atoms with Crippen molar-refractivity contribution >= 4 is 5.97 Å². The molecule has 21 heavy (non-hydrogen) atoms. The van der Waals surface area contributed by atoms with Gasteiger partial charge in [-0.15, -0.1) is 0 Å². The van der Waals surface area contributed by atoms with Crippen molar-refractivity contribution in [2.75, 3.05) is 7.11 Å². The smallest absolute Gasteiger partial charge is 0.433 e. The monoisotopic (exact) mass is 300 g/mol. The molecule has 0 bridgehead atoms. The lowest BCUT2D eigenvalue weighted by Gasteiger charge is -2.12. The van der Waals surface area contributed by atoms with E-state index in [0.717, 1.165) is 0 Å². The first-order chi connectivity index (χ1) is 9.82. The van der Waals surface area contributed by atoms with Crippen molar-refractivity contribution in [3.63, 3.8) is 0 Å². The fourth-order valence-electron chi connectivity index (χ4n) is 1.86. The summed E-state index contributed by atoms with van der Waals surface area (Å²) in [6, 6.07) is 6.37. The summed E-state index contributed by atoms with van der Waals surface area (Å²) >= 11 is 0. The van der Waals surface area contributed by atoms with Crippen LogP contribution < -0.4 is 4.74 Å². The van der Waals surface area contributed by atoms with Gasteiger partial charge in [-0.25, -0.2) is 4.79 Å². The van der Waals surface area contributed by atoms with Crippen molar-refractivity contribution in [3.8, 4) is 5.75 Å². The predicted octanol–water partition coefficient (Wildman–Crippen LogP) is 2.66. The van der Waals surface area contributed by atoms with Crippen LogP contribution >= 0.6 is 0 Å². The van der Waals surface area contributed by atoms with Crippen LogP contribution in [0, 0.1) is 0 Å². The first-order valence-electron chi connectivity index (χ1n) is 5.82. The quantitative estimate of drug-likeness (QED) is 0.943. The highest BCUT2D eigenvalue weighted by molar-refractivity contribution is 5.88. The van der Waals surface area contributed by atoms with Crippen molar-refractivity contribution < 1.29 is 27.8 Å². The molecule has 0 aliphatic heterocycles. The molecule has 112 valence electrons. The Bertz CT molecular complexity index is 648. The minimum Gasteiger partial charge on any atom is -0.497 e.